The number of aromatic nitrogens is 2. The summed E-state index contributed by atoms with van der Waals surface area (Å²) in [6.45, 7) is 2.95. The van der Waals surface area contributed by atoms with E-state index >= 15 is 0 Å². The van der Waals surface area contributed by atoms with E-state index in [1.807, 2.05) is 23.6 Å². The number of rotatable bonds is 7. The molecular weight excluding hydrogens is 370 g/mol. The van der Waals surface area contributed by atoms with Gasteiger partial charge in [0.15, 0.2) is 0 Å². The molecule has 26 heavy (non-hydrogen) atoms. The lowest BCUT2D eigenvalue weighted by Crippen LogP contribution is -2.31. The average Bonchev–Trinajstić information content (AvgIpc) is 3.08. The van der Waals surface area contributed by atoms with E-state index in [1.54, 1.807) is 5.51 Å². The van der Waals surface area contributed by atoms with Crippen molar-refractivity contribution in [1.82, 2.24) is 15.3 Å². The Morgan fingerprint density at radius 1 is 1.42 bits per heavy atom. The highest BCUT2D eigenvalue weighted by atomic mass is 35.5. The van der Waals surface area contributed by atoms with Gasteiger partial charge in [-0.3, -0.25) is 4.79 Å². The maximum atomic E-state index is 12.3. The van der Waals surface area contributed by atoms with E-state index < -0.39 is 0 Å². The summed E-state index contributed by atoms with van der Waals surface area (Å²) < 4.78 is 5.79. The molecule has 7 heteroatoms. The number of aromatic amines is 1. The maximum absolute atomic E-state index is 12.3. The second-order valence-electron chi connectivity index (χ2n) is 6.75. The fourth-order valence-electron chi connectivity index (χ4n) is 3.11. The van der Waals surface area contributed by atoms with Gasteiger partial charge in [-0.25, -0.2) is 4.98 Å². The van der Waals surface area contributed by atoms with Crippen molar-refractivity contribution in [3.05, 3.63) is 45.5 Å². The zero-order valence-electron chi connectivity index (χ0n) is 14.5. The number of ether oxygens (including phenoxy) is 1. The summed E-state index contributed by atoms with van der Waals surface area (Å²) in [6.07, 6.45) is 2.90. The van der Waals surface area contributed by atoms with Crippen molar-refractivity contribution in [2.45, 2.75) is 39.3 Å². The summed E-state index contributed by atoms with van der Waals surface area (Å²) in [7, 11) is 0. The van der Waals surface area contributed by atoms with Gasteiger partial charge in [0.1, 0.15) is 12.4 Å². The minimum atomic E-state index is -0.119. The Hall–Kier alpha value is -2.05. The third-order valence-corrected chi connectivity index (χ3v) is 5.97. The molecule has 1 aliphatic rings. The van der Waals surface area contributed by atoms with E-state index in [-0.39, 0.29) is 11.3 Å². The number of halogens is 1. The van der Waals surface area contributed by atoms with Crippen LogP contribution in [-0.2, 0) is 17.9 Å². The van der Waals surface area contributed by atoms with Gasteiger partial charge in [0.05, 0.1) is 22.8 Å². The van der Waals surface area contributed by atoms with Crippen LogP contribution < -0.4 is 10.1 Å². The predicted octanol–water partition coefficient (Wildman–Crippen LogP) is 4.66. The molecular formula is C19H20ClN3O2S. The Labute approximate surface area is 160 Å². The smallest absolute Gasteiger partial charge is 0.226 e. The number of hydrogen-bond acceptors (Lipinski definition) is 4. The number of benzene rings is 1. The Morgan fingerprint density at radius 3 is 2.96 bits per heavy atom. The van der Waals surface area contributed by atoms with E-state index in [2.05, 4.69) is 22.2 Å². The second-order valence-corrected chi connectivity index (χ2v) is 7.88. The van der Waals surface area contributed by atoms with Gasteiger partial charge in [-0.05, 0) is 31.4 Å². The lowest BCUT2D eigenvalue weighted by atomic mass is 10.0. The van der Waals surface area contributed by atoms with Crippen molar-refractivity contribution in [3.63, 3.8) is 0 Å². The van der Waals surface area contributed by atoms with Crippen molar-refractivity contribution in [3.8, 4) is 5.75 Å². The molecule has 3 aromatic rings. The summed E-state index contributed by atoms with van der Waals surface area (Å²) in [5.74, 6) is 0.775. The minimum Gasteiger partial charge on any atom is -0.486 e. The van der Waals surface area contributed by atoms with Gasteiger partial charge in [-0.2, -0.15) is 0 Å². The number of carbonyl (C=O) groups is 1. The lowest BCUT2D eigenvalue weighted by molar-refractivity contribution is -0.126. The molecule has 0 bridgehead atoms. The van der Waals surface area contributed by atoms with E-state index in [0.717, 1.165) is 41.6 Å². The molecule has 4 rings (SSSR count). The number of thiazole rings is 1. The highest BCUT2D eigenvalue weighted by Crippen LogP contribution is 2.48. The zero-order valence-corrected chi connectivity index (χ0v) is 16.0. The Bertz CT molecular complexity index is 932. The molecule has 0 atom stereocenters. The van der Waals surface area contributed by atoms with Crippen LogP contribution in [0.5, 0.6) is 5.75 Å². The largest absolute Gasteiger partial charge is 0.486 e. The Morgan fingerprint density at radius 2 is 2.27 bits per heavy atom. The first-order valence-electron chi connectivity index (χ1n) is 8.69. The Kier molecular flexibility index (Phi) is 4.63. The van der Waals surface area contributed by atoms with E-state index in [9.17, 15) is 4.79 Å². The molecule has 1 saturated carbocycles. The quantitative estimate of drug-likeness (QED) is 0.617. The van der Waals surface area contributed by atoms with Gasteiger partial charge in [-0.15, -0.1) is 11.3 Å². The molecule has 0 spiro atoms. The number of H-pyrrole nitrogens is 1. The van der Waals surface area contributed by atoms with E-state index in [1.165, 1.54) is 11.3 Å². The SMILES string of the molecule is CCC1(C(=O)NCc2cc3cc(Cl)c(OCc4cscn4)cc3[nH]2)CC1. The molecule has 5 nitrogen and oxygen atoms in total. The van der Waals surface area contributed by atoms with Crippen molar-refractivity contribution >= 4 is 39.7 Å². The number of nitrogens with one attached hydrogen (secondary N) is 2. The highest BCUT2D eigenvalue weighted by Gasteiger charge is 2.47. The molecule has 1 aliphatic carbocycles. The molecule has 0 radical (unpaired) electrons. The fourth-order valence-corrected chi connectivity index (χ4v) is 3.88. The molecule has 1 aromatic carbocycles. The van der Waals surface area contributed by atoms with Crippen LogP contribution in [-0.4, -0.2) is 15.9 Å². The second kappa shape index (κ2) is 6.93. The summed E-state index contributed by atoms with van der Waals surface area (Å²) in [5, 5.41) is 6.55. The predicted molar refractivity (Wildman–Crippen MR) is 104 cm³/mol. The molecule has 136 valence electrons. The van der Waals surface area contributed by atoms with Crippen molar-refractivity contribution < 1.29 is 9.53 Å². The first kappa shape index (κ1) is 17.4. The minimum absolute atomic E-state index is 0.119. The summed E-state index contributed by atoms with van der Waals surface area (Å²) in [6, 6.07) is 5.78. The lowest BCUT2D eigenvalue weighted by Gasteiger charge is -2.11. The molecule has 0 aliphatic heterocycles. The summed E-state index contributed by atoms with van der Waals surface area (Å²) in [4.78, 5) is 19.8. The number of hydrogen-bond donors (Lipinski definition) is 2. The molecule has 0 unspecified atom stereocenters. The maximum Gasteiger partial charge on any atom is 0.226 e. The van der Waals surface area contributed by atoms with Crippen LogP contribution in [0.25, 0.3) is 10.9 Å². The molecule has 0 saturated heterocycles. The standard InChI is InChI=1S/C19H20ClN3O2S/c1-2-19(3-4-19)18(24)21-8-13-5-12-6-15(20)17(7-16(12)23-13)25-9-14-10-26-11-22-14/h5-7,10-11,23H,2-4,8-9H2,1H3,(H,21,24). The van der Waals surface area contributed by atoms with Gasteiger partial charge in [0, 0.05) is 33.5 Å². The zero-order chi connectivity index (χ0) is 18.1. The molecule has 2 aromatic heterocycles. The summed E-state index contributed by atoms with van der Waals surface area (Å²) in [5.41, 5.74) is 4.42. The monoisotopic (exact) mass is 389 g/mol. The third kappa shape index (κ3) is 3.44. The van der Waals surface area contributed by atoms with Crippen LogP contribution in [0.2, 0.25) is 5.02 Å². The van der Waals surface area contributed by atoms with Gasteiger partial charge in [-0.1, -0.05) is 18.5 Å². The highest BCUT2D eigenvalue weighted by molar-refractivity contribution is 7.07. The number of carbonyl (C=O) groups excluding carboxylic acids is 1. The molecule has 2 N–H and O–H groups in total. The van der Waals surface area contributed by atoms with Crippen molar-refractivity contribution in [1.29, 1.82) is 0 Å². The van der Waals surface area contributed by atoms with Gasteiger partial charge < -0.3 is 15.0 Å². The van der Waals surface area contributed by atoms with Crippen LogP contribution in [0.4, 0.5) is 0 Å². The van der Waals surface area contributed by atoms with Crippen LogP contribution in [0, 0.1) is 5.41 Å². The summed E-state index contributed by atoms with van der Waals surface area (Å²) >= 11 is 7.88. The molecule has 1 amide bonds. The topological polar surface area (TPSA) is 67.0 Å². The van der Waals surface area contributed by atoms with Crippen molar-refractivity contribution in [2.24, 2.45) is 5.41 Å². The van der Waals surface area contributed by atoms with Crippen LogP contribution in [0.15, 0.2) is 29.1 Å². The fraction of sp³-hybridized carbons (Fsp3) is 0.368. The van der Waals surface area contributed by atoms with Gasteiger partial charge in [0.2, 0.25) is 5.91 Å². The van der Waals surface area contributed by atoms with Gasteiger partial charge in [0.25, 0.3) is 0 Å². The first-order valence-corrected chi connectivity index (χ1v) is 10.0. The van der Waals surface area contributed by atoms with E-state index in [4.69, 9.17) is 16.3 Å². The van der Waals surface area contributed by atoms with Crippen molar-refractivity contribution in [2.75, 3.05) is 0 Å². The third-order valence-electron chi connectivity index (χ3n) is 5.04. The average molecular weight is 390 g/mol. The van der Waals surface area contributed by atoms with Crippen LogP contribution in [0.1, 0.15) is 37.6 Å². The molecule has 2 heterocycles. The van der Waals surface area contributed by atoms with Crippen LogP contribution >= 0.6 is 22.9 Å². The Balaban J connectivity index is 1.45. The normalized spacial score (nSPS) is 15.2. The number of fused-ring (bicyclic) bond motifs is 1. The van der Waals surface area contributed by atoms with Gasteiger partial charge >= 0.3 is 0 Å². The number of amides is 1. The van der Waals surface area contributed by atoms with Crippen LogP contribution in [0.3, 0.4) is 0 Å². The molecule has 1 fully saturated rings. The first-order chi connectivity index (χ1) is 12.6. The van der Waals surface area contributed by atoms with E-state index in [0.29, 0.717) is 23.9 Å². The number of nitrogens with zero attached hydrogens (tertiary/aromatic N) is 1.